The standard InChI is InChI=1S/C12H15F2NO3S/c13-11(14)19(17,18)10-4-2-9(3-5-10)15-8-12(16)6-1-7-12/h2-5,11,15-16H,1,6-8H2. The number of alkyl halides is 2. The smallest absolute Gasteiger partial charge is 0.341 e. The molecule has 1 aliphatic rings. The van der Waals surface area contributed by atoms with E-state index >= 15 is 0 Å². The number of benzene rings is 1. The number of anilines is 1. The Bertz CT molecular complexity index is 539. The van der Waals surface area contributed by atoms with Crippen LogP contribution >= 0.6 is 0 Å². The van der Waals surface area contributed by atoms with Gasteiger partial charge in [-0.2, -0.15) is 8.78 Å². The lowest BCUT2D eigenvalue weighted by atomic mass is 9.80. The molecule has 0 amide bonds. The Morgan fingerprint density at radius 3 is 2.26 bits per heavy atom. The van der Waals surface area contributed by atoms with Crippen molar-refractivity contribution in [2.75, 3.05) is 11.9 Å². The Balaban J connectivity index is 2.02. The van der Waals surface area contributed by atoms with E-state index in [0.717, 1.165) is 31.4 Å². The third-order valence-electron chi connectivity index (χ3n) is 3.32. The molecule has 0 radical (unpaired) electrons. The maximum absolute atomic E-state index is 12.3. The van der Waals surface area contributed by atoms with Gasteiger partial charge in [-0.1, -0.05) is 0 Å². The van der Waals surface area contributed by atoms with E-state index in [1.165, 1.54) is 12.1 Å². The fourth-order valence-electron chi connectivity index (χ4n) is 1.89. The highest BCUT2D eigenvalue weighted by Gasteiger charge is 2.34. The predicted molar refractivity (Wildman–Crippen MR) is 66.9 cm³/mol. The van der Waals surface area contributed by atoms with Crippen LogP contribution in [0, 0.1) is 0 Å². The fourth-order valence-corrected chi connectivity index (χ4v) is 2.61. The van der Waals surface area contributed by atoms with Crippen LogP contribution in [-0.2, 0) is 9.84 Å². The van der Waals surface area contributed by atoms with E-state index in [1.807, 2.05) is 0 Å². The first-order chi connectivity index (χ1) is 8.83. The highest BCUT2D eigenvalue weighted by molar-refractivity contribution is 7.91. The second kappa shape index (κ2) is 5.05. The van der Waals surface area contributed by atoms with Crippen LogP contribution in [0.1, 0.15) is 19.3 Å². The Morgan fingerprint density at radius 2 is 1.84 bits per heavy atom. The van der Waals surface area contributed by atoms with Crippen molar-refractivity contribution in [1.82, 2.24) is 0 Å². The molecule has 1 saturated carbocycles. The van der Waals surface area contributed by atoms with Crippen molar-refractivity contribution in [3.05, 3.63) is 24.3 Å². The number of sulfone groups is 1. The SMILES string of the molecule is O=S(=O)(c1ccc(NCC2(O)CCC2)cc1)C(F)F. The first-order valence-corrected chi connectivity index (χ1v) is 7.47. The van der Waals surface area contributed by atoms with Gasteiger partial charge in [-0.05, 0) is 43.5 Å². The summed E-state index contributed by atoms with van der Waals surface area (Å²) in [4.78, 5) is -0.407. The van der Waals surface area contributed by atoms with Crippen LogP contribution in [0.5, 0.6) is 0 Å². The summed E-state index contributed by atoms with van der Waals surface area (Å²) >= 11 is 0. The zero-order valence-corrected chi connectivity index (χ0v) is 11.0. The van der Waals surface area contributed by atoms with Crippen molar-refractivity contribution < 1.29 is 22.3 Å². The summed E-state index contributed by atoms with van der Waals surface area (Å²) in [6, 6.07) is 5.10. The van der Waals surface area contributed by atoms with Crippen molar-refractivity contribution >= 4 is 15.5 Å². The molecular weight excluding hydrogens is 276 g/mol. The third-order valence-corrected chi connectivity index (χ3v) is 4.72. The lowest BCUT2D eigenvalue weighted by Gasteiger charge is -2.36. The van der Waals surface area contributed by atoms with Gasteiger partial charge in [0.25, 0.3) is 0 Å². The van der Waals surface area contributed by atoms with Crippen molar-refractivity contribution in [2.24, 2.45) is 0 Å². The van der Waals surface area contributed by atoms with Gasteiger partial charge in [-0.15, -0.1) is 0 Å². The summed E-state index contributed by atoms with van der Waals surface area (Å²) < 4.78 is 47.1. The van der Waals surface area contributed by atoms with Crippen molar-refractivity contribution in [3.8, 4) is 0 Å². The second-order valence-corrected chi connectivity index (χ2v) is 6.68. The maximum atomic E-state index is 12.3. The minimum Gasteiger partial charge on any atom is -0.388 e. The van der Waals surface area contributed by atoms with Gasteiger partial charge in [0.2, 0.25) is 9.84 Å². The average Bonchev–Trinajstić information content (AvgIpc) is 2.34. The van der Waals surface area contributed by atoms with Crippen LogP contribution in [-0.4, -0.2) is 31.4 Å². The summed E-state index contributed by atoms with van der Waals surface area (Å²) in [7, 11) is -4.54. The Kier molecular flexibility index (Phi) is 3.78. The van der Waals surface area contributed by atoms with E-state index in [4.69, 9.17) is 0 Å². The van der Waals surface area contributed by atoms with Crippen LogP contribution in [0.3, 0.4) is 0 Å². The molecule has 4 nitrogen and oxygen atoms in total. The molecule has 1 fully saturated rings. The van der Waals surface area contributed by atoms with Gasteiger partial charge in [0.15, 0.2) is 0 Å². The maximum Gasteiger partial charge on any atom is 0.341 e. The molecule has 2 rings (SSSR count). The minimum atomic E-state index is -4.54. The third kappa shape index (κ3) is 3.03. The molecule has 1 aromatic rings. The Labute approximate surface area is 110 Å². The number of halogens is 2. The van der Waals surface area contributed by atoms with E-state index < -0.39 is 26.1 Å². The Morgan fingerprint density at radius 1 is 1.26 bits per heavy atom. The van der Waals surface area contributed by atoms with Gasteiger partial charge in [0.05, 0.1) is 10.5 Å². The molecule has 0 atom stereocenters. The van der Waals surface area contributed by atoms with Gasteiger partial charge in [0.1, 0.15) is 0 Å². The lowest BCUT2D eigenvalue weighted by Crippen LogP contribution is -2.43. The second-order valence-electron chi connectivity index (χ2n) is 4.76. The van der Waals surface area contributed by atoms with Crippen molar-refractivity contribution in [1.29, 1.82) is 0 Å². The molecule has 1 aromatic carbocycles. The average molecular weight is 291 g/mol. The summed E-state index contributed by atoms with van der Waals surface area (Å²) in [6.07, 6.45) is 2.46. The normalized spacial score (nSPS) is 18.1. The molecular formula is C12H15F2NO3S. The number of rotatable bonds is 5. The molecule has 0 aromatic heterocycles. The first kappa shape index (κ1) is 14.2. The molecule has 0 saturated heterocycles. The van der Waals surface area contributed by atoms with Gasteiger partial charge >= 0.3 is 5.76 Å². The highest BCUT2D eigenvalue weighted by atomic mass is 32.2. The zero-order chi connectivity index (χ0) is 14.1. The molecule has 0 unspecified atom stereocenters. The molecule has 0 bridgehead atoms. The van der Waals surface area contributed by atoms with Crippen LogP contribution in [0.25, 0.3) is 0 Å². The molecule has 0 heterocycles. The van der Waals surface area contributed by atoms with Crippen LogP contribution in [0.4, 0.5) is 14.5 Å². The van der Waals surface area contributed by atoms with Crippen LogP contribution < -0.4 is 5.32 Å². The molecule has 19 heavy (non-hydrogen) atoms. The number of hydrogen-bond donors (Lipinski definition) is 2. The molecule has 7 heteroatoms. The van der Waals surface area contributed by atoms with Crippen LogP contribution in [0.15, 0.2) is 29.2 Å². The van der Waals surface area contributed by atoms with Gasteiger partial charge in [-0.3, -0.25) is 0 Å². The van der Waals surface area contributed by atoms with E-state index in [-0.39, 0.29) is 0 Å². The summed E-state index contributed by atoms with van der Waals surface area (Å²) in [5, 5.41) is 12.8. The van der Waals surface area contributed by atoms with Crippen molar-refractivity contribution in [2.45, 2.75) is 35.5 Å². The first-order valence-electron chi connectivity index (χ1n) is 5.92. The predicted octanol–water partition coefficient (Wildman–Crippen LogP) is 2.01. The lowest BCUT2D eigenvalue weighted by molar-refractivity contribution is -0.0201. The molecule has 0 aliphatic heterocycles. The minimum absolute atomic E-state index is 0.369. The summed E-state index contributed by atoms with van der Waals surface area (Å²) in [5.74, 6) is -3.41. The van der Waals surface area contributed by atoms with Crippen LogP contribution in [0.2, 0.25) is 0 Å². The highest BCUT2D eigenvalue weighted by Crippen LogP contribution is 2.31. The van der Waals surface area contributed by atoms with E-state index in [1.54, 1.807) is 0 Å². The van der Waals surface area contributed by atoms with Gasteiger partial charge in [-0.25, -0.2) is 8.42 Å². The van der Waals surface area contributed by atoms with E-state index in [2.05, 4.69) is 5.32 Å². The molecule has 106 valence electrons. The largest absolute Gasteiger partial charge is 0.388 e. The fraction of sp³-hybridized carbons (Fsp3) is 0.500. The van der Waals surface area contributed by atoms with Gasteiger partial charge < -0.3 is 10.4 Å². The monoisotopic (exact) mass is 291 g/mol. The van der Waals surface area contributed by atoms with Gasteiger partial charge in [0, 0.05) is 12.2 Å². The molecule has 1 aliphatic carbocycles. The molecule has 2 N–H and O–H groups in total. The zero-order valence-electron chi connectivity index (χ0n) is 10.1. The number of nitrogens with one attached hydrogen (secondary N) is 1. The summed E-state index contributed by atoms with van der Waals surface area (Å²) in [5.41, 5.74) is -0.109. The van der Waals surface area contributed by atoms with Crippen molar-refractivity contribution in [3.63, 3.8) is 0 Å². The quantitative estimate of drug-likeness (QED) is 0.871. The molecule has 0 spiro atoms. The Hall–Kier alpha value is -1.21. The number of aliphatic hydroxyl groups is 1. The topological polar surface area (TPSA) is 66.4 Å². The van der Waals surface area contributed by atoms with E-state index in [9.17, 15) is 22.3 Å². The number of hydrogen-bond acceptors (Lipinski definition) is 4. The summed E-state index contributed by atoms with van der Waals surface area (Å²) in [6.45, 7) is 0.369. The van der Waals surface area contributed by atoms with E-state index in [0.29, 0.717) is 12.2 Å².